The summed E-state index contributed by atoms with van der Waals surface area (Å²) in [6.07, 6.45) is 1.45. The monoisotopic (exact) mass is 354 g/mol. The number of rotatable bonds is 5. The summed E-state index contributed by atoms with van der Waals surface area (Å²) in [5.41, 5.74) is 0.330. The fraction of sp³-hybridized carbons (Fsp3) is 0.833. The van der Waals surface area contributed by atoms with E-state index in [0.717, 1.165) is 18.6 Å². The molecule has 1 saturated carbocycles. The van der Waals surface area contributed by atoms with Crippen molar-refractivity contribution in [3.8, 4) is 0 Å². The van der Waals surface area contributed by atoms with E-state index in [1.54, 1.807) is 0 Å². The molecule has 0 aromatic heterocycles. The minimum absolute atomic E-state index is 0.155. The van der Waals surface area contributed by atoms with Gasteiger partial charge in [-0.1, -0.05) is 19.0 Å². The molecule has 142 valence electrons. The van der Waals surface area contributed by atoms with Gasteiger partial charge in [0, 0.05) is 5.92 Å². The second-order valence-corrected chi connectivity index (χ2v) is 7.74. The van der Waals surface area contributed by atoms with E-state index in [-0.39, 0.29) is 35.9 Å². The zero-order valence-electron chi connectivity index (χ0n) is 16.0. The zero-order valence-corrected chi connectivity index (χ0v) is 16.0. The number of oxime groups is 1. The van der Waals surface area contributed by atoms with Crippen LogP contribution in [0, 0.1) is 17.8 Å². The first-order valence-corrected chi connectivity index (χ1v) is 9.02. The smallest absolute Gasteiger partial charge is 0.408 e. The highest BCUT2D eigenvalue weighted by Gasteiger charge is 2.55. The maximum absolute atomic E-state index is 12.3. The van der Waals surface area contributed by atoms with Crippen LogP contribution in [-0.4, -0.2) is 42.6 Å². The number of nitrogens with one attached hydrogen (secondary N) is 1. The van der Waals surface area contributed by atoms with E-state index in [0.29, 0.717) is 6.42 Å². The predicted octanol–water partition coefficient (Wildman–Crippen LogP) is 2.88. The van der Waals surface area contributed by atoms with Crippen LogP contribution < -0.4 is 5.32 Å². The van der Waals surface area contributed by atoms with Crippen LogP contribution in [0.15, 0.2) is 5.16 Å². The van der Waals surface area contributed by atoms with Gasteiger partial charge in [0.15, 0.2) is 6.10 Å². The molecule has 1 aliphatic heterocycles. The summed E-state index contributed by atoms with van der Waals surface area (Å²) >= 11 is 0. The standard InChI is InChI=1S/C18H30N2O5/c1-7-10(8-2)14-13-11(16(21)23-6)9-12(15(13)25-20-14)19-17(22)24-18(3,4)5/h10-13,15H,7-9H2,1-6H3,(H,19,22)/t11-,12+,13-,15-/m0/s1. The summed E-state index contributed by atoms with van der Waals surface area (Å²) in [6, 6.07) is -0.334. The van der Waals surface area contributed by atoms with Crippen molar-refractivity contribution in [2.45, 2.75) is 71.6 Å². The number of alkyl carbamates (subject to hydrolysis) is 1. The van der Waals surface area contributed by atoms with Crippen molar-refractivity contribution in [2.24, 2.45) is 22.9 Å². The van der Waals surface area contributed by atoms with Gasteiger partial charge in [-0.2, -0.15) is 0 Å². The number of carbonyl (C=O) groups is 2. The Morgan fingerprint density at radius 3 is 2.48 bits per heavy atom. The molecule has 4 atom stereocenters. The van der Waals surface area contributed by atoms with Crippen molar-refractivity contribution in [3.63, 3.8) is 0 Å². The molecule has 0 saturated heterocycles. The topological polar surface area (TPSA) is 86.2 Å². The Morgan fingerprint density at radius 2 is 1.96 bits per heavy atom. The fourth-order valence-corrected chi connectivity index (χ4v) is 3.78. The van der Waals surface area contributed by atoms with Gasteiger partial charge in [0.25, 0.3) is 0 Å². The Morgan fingerprint density at radius 1 is 1.32 bits per heavy atom. The van der Waals surface area contributed by atoms with Crippen molar-refractivity contribution in [2.75, 3.05) is 7.11 Å². The highest BCUT2D eigenvalue weighted by molar-refractivity contribution is 5.94. The molecule has 7 nitrogen and oxygen atoms in total. The Labute approximate surface area is 149 Å². The molecule has 0 bridgehead atoms. The van der Waals surface area contributed by atoms with Gasteiger partial charge >= 0.3 is 12.1 Å². The molecule has 2 rings (SSSR count). The Bertz CT molecular complexity index is 536. The van der Waals surface area contributed by atoms with E-state index in [1.165, 1.54) is 7.11 Å². The largest absolute Gasteiger partial charge is 0.469 e. The second-order valence-electron chi connectivity index (χ2n) is 7.74. The van der Waals surface area contributed by atoms with Crippen LogP contribution in [0.2, 0.25) is 0 Å². The number of fused-ring (bicyclic) bond motifs is 1. The number of hydrogen-bond acceptors (Lipinski definition) is 6. The van der Waals surface area contributed by atoms with Crippen molar-refractivity contribution in [1.29, 1.82) is 0 Å². The van der Waals surface area contributed by atoms with Crippen molar-refractivity contribution in [1.82, 2.24) is 5.32 Å². The third-order valence-electron chi connectivity index (χ3n) is 4.92. The molecule has 1 fully saturated rings. The first kappa shape index (κ1) is 19.5. The van der Waals surface area contributed by atoms with Crippen LogP contribution in [0.1, 0.15) is 53.9 Å². The summed E-state index contributed by atoms with van der Waals surface area (Å²) in [4.78, 5) is 30.1. The van der Waals surface area contributed by atoms with E-state index < -0.39 is 11.7 Å². The van der Waals surface area contributed by atoms with Crippen LogP contribution in [0.5, 0.6) is 0 Å². The molecule has 7 heteroatoms. The average Bonchev–Trinajstić information content (AvgIpc) is 3.08. The lowest BCUT2D eigenvalue weighted by atomic mass is 9.82. The van der Waals surface area contributed by atoms with Crippen LogP contribution in [-0.2, 0) is 19.1 Å². The van der Waals surface area contributed by atoms with Crippen molar-refractivity contribution in [3.05, 3.63) is 0 Å². The molecule has 0 aromatic rings. The number of amides is 1. The molecular formula is C18H30N2O5. The average molecular weight is 354 g/mol. The lowest BCUT2D eigenvalue weighted by Crippen LogP contribution is -2.44. The van der Waals surface area contributed by atoms with Gasteiger partial charge in [0.1, 0.15) is 5.60 Å². The molecule has 25 heavy (non-hydrogen) atoms. The summed E-state index contributed by atoms with van der Waals surface area (Å²) in [7, 11) is 1.38. The number of hydrogen-bond donors (Lipinski definition) is 1. The lowest BCUT2D eigenvalue weighted by Gasteiger charge is -2.23. The molecule has 1 N–H and O–H groups in total. The maximum Gasteiger partial charge on any atom is 0.408 e. The molecule has 1 amide bonds. The third kappa shape index (κ3) is 4.25. The minimum atomic E-state index is -0.586. The maximum atomic E-state index is 12.3. The van der Waals surface area contributed by atoms with Crippen LogP contribution in [0.25, 0.3) is 0 Å². The Kier molecular flexibility index (Phi) is 5.95. The lowest BCUT2D eigenvalue weighted by molar-refractivity contribution is -0.146. The SMILES string of the molecule is CCC(CC)C1=NO[C@@H]2[C@H]1[C@@H](C(=O)OC)C[C@H]2NC(=O)OC(C)(C)C. The van der Waals surface area contributed by atoms with Gasteiger partial charge < -0.3 is 19.6 Å². The normalized spacial score (nSPS) is 28.2. The van der Waals surface area contributed by atoms with E-state index in [9.17, 15) is 9.59 Å². The molecule has 0 spiro atoms. The molecule has 1 heterocycles. The highest BCUT2D eigenvalue weighted by Crippen LogP contribution is 2.42. The summed E-state index contributed by atoms with van der Waals surface area (Å²) in [5.74, 6) is -0.538. The number of methoxy groups -OCH3 is 1. The molecular weight excluding hydrogens is 324 g/mol. The number of carbonyl (C=O) groups excluding carboxylic acids is 2. The Hall–Kier alpha value is -1.79. The van der Waals surface area contributed by atoms with Gasteiger partial charge in [0.05, 0.1) is 30.7 Å². The van der Waals surface area contributed by atoms with Crippen molar-refractivity contribution < 1.29 is 23.9 Å². The molecule has 0 aromatic carbocycles. The first-order chi connectivity index (χ1) is 11.7. The van der Waals surface area contributed by atoms with Gasteiger partial charge in [-0.3, -0.25) is 4.79 Å². The zero-order chi connectivity index (χ0) is 18.8. The van der Waals surface area contributed by atoms with Crippen LogP contribution >= 0.6 is 0 Å². The van der Waals surface area contributed by atoms with Crippen LogP contribution in [0.4, 0.5) is 4.79 Å². The van der Waals surface area contributed by atoms with Crippen molar-refractivity contribution >= 4 is 17.8 Å². The number of ether oxygens (including phenoxy) is 2. The fourth-order valence-electron chi connectivity index (χ4n) is 3.78. The van der Waals surface area contributed by atoms with E-state index in [4.69, 9.17) is 14.3 Å². The molecule has 2 aliphatic rings. The Balaban J connectivity index is 2.17. The van der Waals surface area contributed by atoms with E-state index in [1.807, 2.05) is 20.8 Å². The number of nitrogens with zero attached hydrogens (tertiary/aromatic N) is 1. The van der Waals surface area contributed by atoms with E-state index in [2.05, 4.69) is 24.3 Å². The number of esters is 1. The summed E-state index contributed by atoms with van der Waals surface area (Å²) in [5, 5.41) is 7.12. The van der Waals surface area contributed by atoms with E-state index >= 15 is 0 Å². The molecule has 0 radical (unpaired) electrons. The van der Waals surface area contributed by atoms with Gasteiger partial charge in [-0.05, 0) is 40.0 Å². The van der Waals surface area contributed by atoms with Gasteiger partial charge in [-0.25, -0.2) is 4.79 Å². The summed E-state index contributed by atoms with van der Waals surface area (Å²) < 4.78 is 10.3. The second kappa shape index (κ2) is 7.62. The minimum Gasteiger partial charge on any atom is -0.469 e. The quantitative estimate of drug-likeness (QED) is 0.767. The first-order valence-electron chi connectivity index (χ1n) is 9.02. The van der Waals surface area contributed by atoms with Gasteiger partial charge in [-0.15, -0.1) is 0 Å². The summed E-state index contributed by atoms with van der Waals surface area (Å²) in [6.45, 7) is 9.62. The highest BCUT2D eigenvalue weighted by atomic mass is 16.6. The van der Waals surface area contributed by atoms with Crippen LogP contribution in [0.3, 0.4) is 0 Å². The molecule has 0 unspecified atom stereocenters. The molecule has 1 aliphatic carbocycles. The third-order valence-corrected chi connectivity index (χ3v) is 4.92. The predicted molar refractivity (Wildman–Crippen MR) is 93.2 cm³/mol. The van der Waals surface area contributed by atoms with Gasteiger partial charge in [0.2, 0.25) is 0 Å².